The van der Waals surface area contributed by atoms with Crippen molar-refractivity contribution in [2.24, 2.45) is 0 Å². The minimum Gasteiger partial charge on any atom is -0.494 e. The van der Waals surface area contributed by atoms with E-state index in [1.165, 1.54) is 32.4 Å². The summed E-state index contributed by atoms with van der Waals surface area (Å²) in [4.78, 5) is 0. The Bertz CT molecular complexity index is 940. The van der Waals surface area contributed by atoms with Gasteiger partial charge in [-0.05, 0) is 47.5 Å². The van der Waals surface area contributed by atoms with Gasteiger partial charge in [0.25, 0.3) is 0 Å². The monoisotopic (exact) mass is 374 g/mol. The Balaban J connectivity index is 1.71. The fraction of sp³-hybridized carbons (Fsp3) is 0.143. The molecule has 0 aliphatic heterocycles. The molecule has 0 heterocycles. The van der Waals surface area contributed by atoms with Crippen molar-refractivity contribution in [3.8, 4) is 28.4 Å². The number of benzene rings is 3. The largest absolute Gasteiger partial charge is 0.494 e. The van der Waals surface area contributed by atoms with Crippen molar-refractivity contribution in [2.75, 3.05) is 14.2 Å². The third-order valence-electron chi connectivity index (χ3n) is 4.08. The van der Waals surface area contributed by atoms with Crippen LogP contribution in [0.15, 0.2) is 54.6 Å². The first-order valence-electron chi connectivity index (χ1n) is 8.11. The number of rotatable bonds is 6. The van der Waals surface area contributed by atoms with Gasteiger partial charge in [0.1, 0.15) is 12.4 Å². The highest BCUT2D eigenvalue weighted by molar-refractivity contribution is 5.65. The summed E-state index contributed by atoms with van der Waals surface area (Å²) >= 11 is 0. The van der Waals surface area contributed by atoms with Crippen molar-refractivity contribution in [1.29, 1.82) is 0 Å². The van der Waals surface area contributed by atoms with Crippen LogP contribution in [0.1, 0.15) is 5.56 Å². The molecule has 0 amide bonds. The van der Waals surface area contributed by atoms with Gasteiger partial charge in [-0.2, -0.15) is 4.39 Å². The van der Waals surface area contributed by atoms with Gasteiger partial charge in [-0.1, -0.05) is 18.2 Å². The van der Waals surface area contributed by atoms with Crippen molar-refractivity contribution in [3.05, 3.63) is 77.6 Å². The predicted octanol–water partition coefficient (Wildman–Crippen LogP) is 5.37. The molecule has 0 unspecified atom stereocenters. The van der Waals surface area contributed by atoms with E-state index in [0.717, 1.165) is 5.56 Å². The molecule has 0 aliphatic rings. The maximum absolute atomic E-state index is 14.0. The highest BCUT2D eigenvalue weighted by Crippen LogP contribution is 2.28. The van der Waals surface area contributed by atoms with Crippen LogP contribution in [-0.2, 0) is 6.61 Å². The van der Waals surface area contributed by atoms with Crippen LogP contribution in [0.3, 0.4) is 0 Å². The average molecular weight is 374 g/mol. The molecule has 0 atom stereocenters. The molecule has 0 bridgehead atoms. The second-order valence-electron chi connectivity index (χ2n) is 5.72. The fourth-order valence-corrected chi connectivity index (χ4v) is 2.59. The Labute approximate surface area is 154 Å². The van der Waals surface area contributed by atoms with E-state index in [0.29, 0.717) is 11.3 Å². The van der Waals surface area contributed by atoms with Crippen molar-refractivity contribution in [1.82, 2.24) is 0 Å². The molecule has 0 aromatic heterocycles. The molecule has 0 aliphatic carbocycles. The van der Waals surface area contributed by atoms with Gasteiger partial charge in [0.2, 0.25) is 5.82 Å². The Kier molecular flexibility index (Phi) is 5.54. The molecule has 6 heteroatoms. The second kappa shape index (κ2) is 8.03. The summed E-state index contributed by atoms with van der Waals surface area (Å²) in [7, 11) is 2.67. The lowest BCUT2D eigenvalue weighted by molar-refractivity contribution is 0.294. The zero-order valence-corrected chi connectivity index (χ0v) is 14.8. The summed E-state index contributed by atoms with van der Waals surface area (Å²) in [5.74, 6) is -2.01. The summed E-state index contributed by atoms with van der Waals surface area (Å²) in [6.07, 6.45) is 0. The topological polar surface area (TPSA) is 27.7 Å². The lowest BCUT2D eigenvalue weighted by Gasteiger charge is -2.10. The minimum atomic E-state index is -1.05. The maximum Gasteiger partial charge on any atom is 0.201 e. The summed E-state index contributed by atoms with van der Waals surface area (Å²) in [6, 6.07) is 14.3. The van der Waals surface area contributed by atoms with Gasteiger partial charge >= 0.3 is 0 Å². The summed E-state index contributed by atoms with van der Waals surface area (Å²) in [6.45, 7) is -0.136. The molecule has 3 aromatic carbocycles. The lowest BCUT2D eigenvalue weighted by Crippen LogP contribution is -2.02. The van der Waals surface area contributed by atoms with Gasteiger partial charge in [-0.15, -0.1) is 0 Å². The quantitative estimate of drug-likeness (QED) is 0.581. The molecule has 27 heavy (non-hydrogen) atoms. The Hall–Kier alpha value is -3.15. The number of ether oxygens (including phenoxy) is 3. The molecule has 0 N–H and O–H groups in total. The van der Waals surface area contributed by atoms with E-state index >= 15 is 0 Å². The lowest BCUT2D eigenvalue weighted by atomic mass is 10.1. The molecule has 3 nitrogen and oxygen atoms in total. The normalized spacial score (nSPS) is 10.6. The average Bonchev–Trinajstić information content (AvgIpc) is 2.69. The SMILES string of the molecule is COc1ccc(-c2ccc(OCc3ccc(OC)c(F)c3F)cc2)cc1F. The number of hydrogen-bond acceptors (Lipinski definition) is 3. The molecule has 0 saturated heterocycles. The van der Waals surface area contributed by atoms with Gasteiger partial charge in [0.15, 0.2) is 23.1 Å². The fourth-order valence-electron chi connectivity index (χ4n) is 2.59. The van der Waals surface area contributed by atoms with Crippen molar-refractivity contribution < 1.29 is 27.4 Å². The van der Waals surface area contributed by atoms with Crippen LogP contribution in [0.4, 0.5) is 13.2 Å². The van der Waals surface area contributed by atoms with Crippen LogP contribution in [0.25, 0.3) is 11.1 Å². The molecule has 3 aromatic rings. The van der Waals surface area contributed by atoms with Crippen LogP contribution in [0.2, 0.25) is 0 Å². The summed E-state index contributed by atoms with van der Waals surface area (Å²) < 4.78 is 56.6. The Morgan fingerprint density at radius 1 is 0.704 bits per heavy atom. The van der Waals surface area contributed by atoms with Gasteiger partial charge in [0.05, 0.1) is 14.2 Å². The van der Waals surface area contributed by atoms with E-state index < -0.39 is 17.5 Å². The molecule has 0 radical (unpaired) electrons. The third kappa shape index (κ3) is 4.00. The van der Waals surface area contributed by atoms with E-state index in [1.807, 2.05) is 0 Å². The van der Waals surface area contributed by atoms with E-state index in [2.05, 4.69) is 0 Å². The van der Waals surface area contributed by atoms with E-state index in [-0.39, 0.29) is 23.7 Å². The van der Waals surface area contributed by atoms with Crippen LogP contribution in [0.5, 0.6) is 17.2 Å². The van der Waals surface area contributed by atoms with Crippen LogP contribution < -0.4 is 14.2 Å². The van der Waals surface area contributed by atoms with Crippen LogP contribution >= 0.6 is 0 Å². The first-order valence-corrected chi connectivity index (χ1v) is 8.11. The first-order chi connectivity index (χ1) is 13.0. The van der Waals surface area contributed by atoms with Crippen molar-refractivity contribution in [2.45, 2.75) is 6.61 Å². The van der Waals surface area contributed by atoms with Gasteiger partial charge in [0, 0.05) is 5.56 Å². The maximum atomic E-state index is 14.0. The summed E-state index contributed by atoms with van der Waals surface area (Å²) in [5.41, 5.74) is 1.54. The molecular formula is C21H17F3O3. The third-order valence-corrected chi connectivity index (χ3v) is 4.08. The van der Waals surface area contributed by atoms with Crippen molar-refractivity contribution in [3.63, 3.8) is 0 Å². The number of hydrogen-bond donors (Lipinski definition) is 0. The van der Waals surface area contributed by atoms with Crippen LogP contribution in [-0.4, -0.2) is 14.2 Å². The van der Waals surface area contributed by atoms with Gasteiger partial charge in [-0.3, -0.25) is 0 Å². The molecule has 0 saturated carbocycles. The first kappa shape index (κ1) is 18.6. The Morgan fingerprint density at radius 3 is 1.96 bits per heavy atom. The molecule has 140 valence electrons. The Morgan fingerprint density at radius 2 is 1.33 bits per heavy atom. The van der Waals surface area contributed by atoms with E-state index in [1.54, 1.807) is 36.4 Å². The number of methoxy groups -OCH3 is 2. The highest BCUT2D eigenvalue weighted by Gasteiger charge is 2.14. The predicted molar refractivity (Wildman–Crippen MR) is 95.6 cm³/mol. The van der Waals surface area contributed by atoms with Crippen molar-refractivity contribution >= 4 is 0 Å². The number of halogens is 3. The van der Waals surface area contributed by atoms with Gasteiger partial charge in [-0.25, -0.2) is 8.78 Å². The van der Waals surface area contributed by atoms with Crippen LogP contribution in [0, 0.1) is 17.5 Å². The second-order valence-corrected chi connectivity index (χ2v) is 5.72. The summed E-state index contributed by atoms with van der Waals surface area (Å²) in [5, 5.41) is 0. The zero-order valence-electron chi connectivity index (χ0n) is 14.8. The van der Waals surface area contributed by atoms with E-state index in [9.17, 15) is 13.2 Å². The van der Waals surface area contributed by atoms with E-state index in [4.69, 9.17) is 14.2 Å². The standard InChI is InChI=1S/C21H17F3O3/c1-25-18-9-5-14(11-17(18)22)13-3-7-16(8-4-13)27-12-15-6-10-19(26-2)21(24)20(15)23/h3-11H,12H2,1-2H3. The molecular weight excluding hydrogens is 357 g/mol. The molecule has 3 rings (SSSR count). The smallest absolute Gasteiger partial charge is 0.201 e. The highest BCUT2D eigenvalue weighted by atomic mass is 19.2. The minimum absolute atomic E-state index is 0.0783. The van der Waals surface area contributed by atoms with Gasteiger partial charge < -0.3 is 14.2 Å². The molecule has 0 spiro atoms. The zero-order chi connectivity index (χ0) is 19.4. The molecule has 0 fully saturated rings.